The number of likely N-dealkylation sites (tertiary alicyclic amines) is 1. The lowest BCUT2D eigenvalue weighted by atomic mass is 9.95. The Hall–Kier alpha value is -1.10. The highest BCUT2D eigenvalue weighted by atomic mass is 16.4. The normalized spacial score (nSPS) is 24.7. The molecule has 1 heterocycles. The zero-order valence-electron chi connectivity index (χ0n) is 12.9. The van der Waals surface area contributed by atoms with Gasteiger partial charge in [0.2, 0.25) is 5.91 Å². The molecular weight excluding hydrogens is 268 g/mol. The first kappa shape index (κ1) is 16.3. The number of nitrogens with zero attached hydrogens (tertiary/aromatic N) is 1. The van der Waals surface area contributed by atoms with Crippen LogP contribution in [0.25, 0.3) is 0 Å². The Morgan fingerprint density at radius 1 is 1.05 bits per heavy atom. The summed E-state index contributed by atoms with van der Waals surface area (Å²) in [6.07, 6.45) is 9.79. The van der Waals surface area contributed by atoms with Crippen molar-refractivity contribution >= 4 is 11.9 Å². The molecule has 5 heteroatoms. The highest BCUT2D eigenvalue weighted by Gasteiger charge is 2.25. The molecule has 1 amide bonds. The molecule has 0 bridgehead atoms. The van der Waals surface area contributed by atoms with E-state index < -0.39 is 5.97 Å². The molecule has 2 N–H and O–H groups in total. The average molecular weight is 296 g/mol. The van der Waals surface area contributed by atoms with Crippen LogP contribution in [-0.4, -0.2) is 47.1 Å². The van der Waals surface area contributed by atoms with Crippen LogP contribution in [0.1, 0.15) is 64.2 Å². The summed E-state index contributed by atoms with van der Waals surface area (Å²) < 4.78 is 0. The second-order valence-corrected chi connectivity index (χ2v) is 6.44. The maximum atomic E-state index is 12.0. The highest BCUT2D eigenvalue weighted by molar-refractivity contribution is 5.76. The van der Waals surface area contributed by atoms with Crippen LogP contribution in [0.4, 0.5) is 0 Å². The molecule has 0 aromatic heterocycles. The third kappa shape index (κ3) is 5.65. The summed E-state index contributed by atoms with van der Waals surface area (Å²) >= 11 is 0. The third-order valence-corrected chi connectivity index (χ3v) is 4.76. The van der Waals surface area contributed by atoms with Gasteiger partial charge in [0.05, 0.1) is 6.42 Å². The number of piperidine rings is 1. The van der Waals surface area contributed by atoms with Crippen LogP contribution in [-0.2, 0) is 9.59 Å². The Labute approximate surface area is 127 Å². The molecule has 21 heavy (non-hydrogen) atoms. The lowest BCUT2D eigenvalue weighted by molar-refractivity contribution is -0.138. The largest absolute Gasteiger partial charge is 0.481 e. The van der Waals surface area contributed by atoms with E-state index in [9.17, 15) is 9.59 Å². The fourth-order valence-electron chi connectivity index (χ4n) is 3.58. The van der Waals surface area contributed by atoms with E-state index in [1.807, 2.05) is 0 Å². The van der Waals surface area contributed by atoms with Crippen molar-refractivity contribution in [2.45, 2.75) is 76.3 Å². The van der Waals surface area contributed by atoms with Gasteiger partial charge in [-0.15, -0.1) is 0 Å². The smallest absolute Gasteiger partial charge is 0.304 e. The predicted octanol–water partition coefficient (Wildman–Crippen LogP) is 2.15. The molecule has 1 atom stereocenters. The van der Waals surface area contributed by atoms with Crippen LogP contribution in [0, 0.1) is 0 Å². The molecule has 120 valence electrons. The van der Waals surface area contributed by atoms with E-state index in [0.29, 0.717) is 19.0 Å². The molecular formula is C16H28N2O3. The molecule has 0 spiro atoms. The number of carboxylic acid groups (broad SMARTS) is 1. The molecule has 0 radical (unpaired) electrons. The lowest BCUT2D eigenvalue weighted by Gasteiger charge is -2.34. The quantitative estimate of drug-likeness (QED) is 0.788. The number of carbonyl (C=O) groups is 2. The maximum Gasteiger partial charge on any atom is 0.304 e. The van der Waals surface area contributed by atoms with Crippen molar-refractivity contribution in [1.82, 2.24) is 10.2 Å². The number of amides is 1. The van der Waals surface area contributed by atoms with Crippen molar-refractivity contribution in [3.05, 3.63) is 0 Å². The Morgan fingerprint density at radius 3 is 2.48 bits per heavy atom. The molecule has 2 aliphatic rings. The van der Waals surface area contributed by atoms with Crippen molar-refractivity contribution < 1.29 is 14.7 Å². The second-order valence-electron chi connectivity index (χ2n) is 6.44. The Balaban J connectivity index is 1.71. The van der Waals surface area contributed by atoms with E-state index in [1.54, 1.807) is 0 Å². The SMILES string of the molecule is O=C(O)CC1CCCCN1CCC(=O)NC1CCCCC1. The van der Waals surface area contributed by atoms with Gasteiger partial charge in [-0.2, -0.15) is 0 Å². The van der Waals surface area contributed by atoms with Crippen LogP contribution in [0.5, 0.6) is 0 Å². The number of aliphatic carboxylic acids is 1. The molecule has 1 saturated heterocycles. The summed E-state index contributed by atoms with van der Waals surface area (Å²) in [6.45, 7) is 1.62. The highest BCUT2D eigenvalue weighted by Crippen LogP contribution is 2.20. The monoisotopic (exact) mass is 296 g/mol. The van der Waals surface area contributed by atoms with E-state index in [1.165, 1.54) is 19.3 Å². The first-order chi connectivity index (χ1) is 10.1. The van der Waals surface area contributed by atoms with Crippen molar-refractivity contribution in [2.24, 2.45) is 0 Å². The van der Waals surface area contributed by atoms with Crippen molar-refractivity contribution in [1.29, 1.82) is 0 Å². The van der Waals surface area contributed by atoms with Crippen LogP contribution >= 0.6 is 0 Å². The number of carboxylic acids is 1. The van der Waals surface area contributed by atoms with Gasteiger partial charge < -0.3 is 10.4 Å². The van der Waals surface area contributed by atoms with Crippen LogP contribution in [0.2, 0.25) is 0 Å². The summed E-state index contributed by atoms with van der Waals surface area (Å²) in [5.41, 5.74) is 0. The Bertz CT molecular complexity index is 353. The number of hydrogen-bond acceptors (Lipinski definition) is 3. The lowest BCUT2D eigenvalue weighted by Crippen LogP contribution is -2.43. The van der Waals surface area contributed by atoms with Gasteiger partial charge in [-0.3, -0.25) is 14.5 Å². The van der Waals surface area contributed by atoms with Gasteiger partial charge in [-0.25, -0.2) is 0 Å². The summed E-state index contributed by atoms with van der Waals surface area (Å²) in [4.78, 5) is 25.1. The van der Waals surface area contributed by atoms with E-state index >= 15 is 0 Å². The molecule has 0 aromatic rings. The van der Waals surface area contributed by atoms with E-state index in [2.05, 4.69) is 10.2 Å². The second kappa shape index (κ2) is 8.37. The summed E-state index contributed by atoms with van der Waals surface area (Å²) in [6, 6.07) is 0.473. The zero-order valence-corrected chi connectivity index (χ0v) is 12.9. The van der Waals surface area contributed by atoms with Gasteiger partial charge in [0, 0.05) is 25.0 Å². The van der Waals surface area contributed by atoms with Gasteiger partial charge in [0.25, 0.3) is 0 Å². The molecule has 1 unspecified atom stereocenters. The molecule has 1 aliphatic heterocycles. The molecule has 2 rings (SSSR count). The van der Waals surface area contributed by atoms with Crippen molar-refractivity contribution in [2.75, 3.05) is 13.1 Å². The minimum Gasteiger partial charge on any atom is -0.481 e. The number of carbonyl (C=O) groups excluding carboxylic acids is 1. The summed E-state index contributed by atoms with van der Waals surface area (Å²) in [7, 11) is 0. The first-order valence-electron chi connectivity index (χ1n) is 8.40. The van der Waals surface area contributed by atoms with Crippen LogP contribution in [0.3, 0.4) is 0 Å². The molecule has 0 aromatic carbocycles. The minimum atomic E-state index is -0.737. The molecule has 1 aliphatic carbocycles. The molecule has 1 saturated carbocycles. The van der Waals surface area contributed by atoms with Crippen LogP contribution < -0.4 is 5.32 Å². The summed E-state index contributed by atoms with van der Waals surface area (Å²) in [5, 5.41) is 12.1. The number of nitrogens with one attached hydrogen (secondary N) is 1. The van der Waals surface area contributed by atoms with Crippen molar-refractivity contribution in [3.8, 4) is 0 Å². The first-order valence-corrected chi connectivity index (χ1v) is 8.40. The van der Waals surface area contributed by atoms with Gasteiger partial charge in [0.15, 0.2) is 0 Å². The number of rotatable bonds is 6. The van der Waals surface area contributed by atoms with E-state index in [-0.39, 0.29) is 18.4 Å². The van der Waals surface area contributed by atoms with Gasteiger partial charge >= 0.3 is 5.97 Å². The number of hydrogen-bond donors (Lipinski definition) is 2. The Morgan fingerprint density at radius 2 is 1.76 bits per heavy atom. The minimum absolute atomic E-state index is 0.110. The maximum absolute atomic E-state index is 12.0. The van der Waals surface area contributed by atoms with E-state index in [4.69, 9.17) is 5.11 Å². The fourth-order valence-corrected chi connectivity index (χ4v) is 3.58. The average Bonchev–Trinajstić information content (AvgIpc) is 2.47. The van der Waals surface area contributed by atoms with Gasteiger partial charge in [-0.1, -0.05) is 25.7 Å². The zero-order chi connectivity index (χ0) is 15.1. The van der Waals surface area contributed by atoms with Gasteiger partial charge in [-0.05, 0) is 32.2 Å². The van der Waals surface area contributed by atoms with E-state index in [0.717, 1.165) is 38.6 Å². The third-order valence-electron chi connectivity index (χ3n) is 4.76. The van der Waals surface area contributed by atoms with Crippen LogP contribution in [0.15, 0.2) is 0 Å². The predicted molar refractivity (Wildman–Crippen MR) is 81.1 cm³/mol. The Kier molecular flexibility index (Phi) is 6.49. The van der Waals surface area contributed by atoms with Gasteiger partial charge in [0.1, 0.15) is 0 Å². The van der Waals surface area contributed by atoms with Crippen molar-refractivity contribution in [3.63, 3.8) is 0 Å². The molecule has 5 nitrogen and oxygen atoms in total. The summed E-state index contributed by atoms with van der Waals surface area (Å²) in [5.74, 6) is -0.611. The standard InChI is InChI=1S/C16H28N2O3/c19-15(17-13-6-2-1-3-7-13)9-11-18-10-5-4-8-14(18)12-16(20)21/h13-14H,1-12H2,(H,17,19)(H,20,21). The fraction of sp³-hybridized carbons (Fsp3) is 0.875. The molecule has 2 fully saturated rings. The topological polar surface area (TPSA) is 69.6 Å².